The van der Waals surface area contributed by atoms with Crippen molar-refractivity contribution in [2.24, 2.45) is 0 Å². The van der Waals surface area contributed by atoms with Gasteiger partial charge in [0.15, 0.2) is 17.6 Å². The number of anilines is 1. The van der Waals surface area contributed by atoms with Crippen LogP contribution in [0.1, 0.15) is 16.1 Å². The van der Waals surface area contributed by atoms with Crippen LogP contribution in [-0.2, 0) is 0 Å². The molecule has 0 unspecified atom stereocenters. The highest BCUT2D eigenvalue weighted by Gasteiger charge is 2.19. The molecule has 0 aliphatic rings. The third kappa shape index (κ3) is 2.86. The monoisotopic (exact) mass is 368 g/mol. The quantitative estimate of drug-likeness (QED) is 0.584. The number of nitrogens with one attached hydrogen (secondary N) is 1. The van der Waals surface area contributed by atoms with Gasteiger partial charge in [-0.1, -0.05) is 5.10 Å². The summed E-state index contributed by atoms with van der Waals surface area (Å²) < 4.78 is 10.4. The molecule has 9 nitrogen and oxygen atoms in total. The lowest BCUT2D eigenvalue weighted by Crippen LogP contribution is -2.14. The molecule has 0 spiro atoms. The smallest absolute Gasteiger partial charge is 0.295 e. The second kappa shape index (κ2) is 6.48. The summed E-state index contributed by atoms with van der Waals surface area (Å²) in [5.74, 6) is -0.365. The minimum atomic E-state index is -0.365. The van der Waals surface area contributed by atoms with Gasteiger partial charge in [0.2, 0.25) is 5.13 Å². The maximum atomic E-state index is 12.8. The van der Waals surface area contributed by atoms with Crippen LogP contribution in [0.4, 0.5) is 5.13 Å². The summed E-state index contributed by atoms with van der Waals surface area (Å²) in [6.45, 7) is 1.85. The van der Waals surface area contributed by atoms with E-state index in [0.717, 1.165) is 17.0 Å². The molecule has 0 saturated heterocycles. The van der Waals surface area contributed by atoms with E-state index in [1.54, 1.807) is 12.3 Å². The summed E-state index contributed by atoms with van der Waals surface area (Å²) >= 11 is 1.13. The topological polar surface area (TPSA) is 116 Å². The maximum absolute atomic E-state index is 12.8. The zero-order chi connectivity index (χ0) is 18.1. The van der Waals surface area contributed by atoms with Crippen molar-refractivity contribution in [2.75, 3.05) is 12.4 Å². The molecule has 0 aliphatic heterocycles. The van der Waals surface area contributed by atoms with Crippen molar-refractivity contribution < 1.29 is 13.9 Å². The Hall–Kier alpha value is -3.40. The number of rotatable bonds is 4. The highest BCUT2D eigenvalue weighted by Crippen LogP contribution is 2.31. The minimum Gasteiger partial charge on any atom is -0.472 e. The fraction of sp³-hybridized carbons (Fsp3) is 0.125. The molecule has 0 radical (unpaired) electrons. The molecule has 1 N–H and O–H groups in total. The van der Waals surface area contributed by atoms with Gasteiger partial charge in [0.1, 0.15) is 0 Å². The summed E-state index contributed by atoms with van der Waals surface area (Å²) in [6, 6.07) is 3.58. The molecule has 4 rings (SSSR count). The van der Waals surface area contributed by atoms with Crippen LogP contribution in [-0.4, -0.2) is 38.2 Å². The minimum absolute atomic E-state index is 0.331. The summed E-state index contributed by atoms with van der Waals surface area (Å²) in [6.07, 6.45) is 4.45. The second-order valence-electron chi connectivity index (χ2n) is 5.27. The molecular weight excluding hydrogens is 356 g/mol. The summed E-state index contributed by atoms with van der Waals surface area (Å²) in [5.41, 5.74) is 3.47. The largest absolute Gasteiger partial charge is 0.472 e. The maximum Gasteiger partial charge on any atom is 0.295 e. The lowest BCUT2D eigenvalue weighted by Gasteiger charge is -2.09. The van der Waals surface area contributed by atoms with E-state index in [2.05, 4.69) is 30.5 Å². The average molecular weight is 368 g/mol. The van der Waals surface area contributed by atoms with Crippen LogP contribution in [0.5, 0.6) is 5.19 Å². The molecule has 0 saturated carbocycles. The molecular formula is C16H12N6O3S. The fourth-order valence-corrected chi connectivity index (χ4v) is 3.01. The van der Waals surface area contributed by atoms with E-state index in [4.69, 9.17) is 9.15 Å². The second-order valence-corrected chi connectivity index (χ2v) is 6.21. The molecule has 0 fully saturated rings. The first-order valence-corrected chi connectivity index (χ1v) is 8.31. The van der Waals surface area contributed by atoms with Crippen molar-refractivity contribution in [1.29, 1.82) is 0 Å². The van der Waals surface area contributed by atoms with Gasteiger partial charge in [0, 0.05) is 29.2 Å². The number of methoxy groups -OCH3 is 1. The van der Waals surface area contributed by atoms with Crippen molar-refractivity contribution >= 4 is 33.6 Å². The SMILES string of the molecule is COc1nnc(NC(=O)c2cnc(C)cc2-c2ccnc3ncoc23)s1. The number of nitrogens with zero attached hydrogens (tertiary/aromatic N) is 5. The number of ether oxygens (including phenoxy) is 1. The number of pyridine rings is 2. The highest BCUT2D eigenvalue weighted by molar-refractivity contribution is 7.17. The Balaban J connectivity index is 1.77. The molecule has 4 aromatic rings. The van der Waals surface area contributed by atoms with E-state index >= 15 is 0 Å². The first-order chi connectivity index (χ1) is 12.7. The Morgan fingerprint density at radius 3 is 2.92 bits per heavy atom. The molecule has 0 atom stereocenters. The normalized spacial score (nSPS) is 10.8. The van der Waals surface area contributed by atoms with Gasteiger partial charge in [-0.2, -0.15) is 4.98 Å². The first-order valence-electron chi connectivity index (χ1n) is 7.50. The Labute approximate surface area is 151 Å². The van der Waals surface area contributed by atoms with E-state index in [-0.39, 0.29) is 5.91 Å². The van der Waals surface area contributed by atoms with E-state index in [9.17, 15) is 4.79 Å². The Morgan fingerprint density at radius 1 is 1.23 bits per heavy atom. The number of amides is 1. The van der Waals surface area contributed by atoms with Crippen molar-refractivity contribution in [3.05, 3.63) is 42.2 Å². The number of aromatic nitrogens is 5. The number of fused-ring (bicyclic) bond motifs is 1. The lowest BCUT2D eigenvalue weighted by molar-refractivity contribution is 0.102. The van der Waals surface area contributed by atoms with Gasteiger partial charge in [-0.3, -0.25) is 15.1 Å². The number of carbonyl (C=O) groups excluding carboxylic acids is 1. The van der Waals surface area contributed by atoms with Crippen LogP contribution in [0, 0.1) is 6.92 Å². The number of aryl methyl sites for hydroxylation is 1. The van der Waals surface area contributed by atoms with Gasteiger partial charge in [-0.25, -0.2) is 4.98 Å². The summed E-state index contributed by atoms with van der Waals surface area (Å²) in [5, 5.41) is 11.1. The Morgan fingerprint density at radius 2 is 2.12 bits per heavy atom. The van der Waals surface area contributed by atoms with E-state index < -0.39 is 0 Å². The van der Waals surface area contributed by atoms with E-state index in [1.165, 1.54) is 19.7 Å². The Kier molecular flexibility index (Phi) is 4.01. The standard InChI is InChI=1S/C16H12N6O3S/c1-8-5-10(9-3-4-17-13-12(9)25-7-19-13)11(6-18-8)14(23)20-15-21-22-16(24-2)26-15/h3-7H,1-2H3,(H,20,21,23). The summed E-state index contributed by atoms with van der Waals surface area (Å²) in [4.78, 5) is 25.2. The molecule has 1 amide bonds. The molecule has 0 aliphatic carbocycles. The molecule has 4 heterocycles. The number of hydrogen-bond acceptors (Lipinski definition) is 9. The first kappa shape index (κ1) is 16.1. The lowest BCUT2D eigenvalue weighted by atomic mass is 10.0. The molecule has 0 bridgehead atoms. The molecule has 10 heteroatoms. The molecule has 4 aromatic heterocycles. The summed E-state index contributed by atoms with van der Waals surface area (Å²) in [7, 11) is 1.49. The number of carbonyl (C=O) groups is 1. The van der Waals surface area contributed by atoms with Gasteiger partial charge < -0.3 is 9.15 Å². The molecule has 26 heavy (non-hydrogen) atoms. The van der Waals surface area contributed by atoms with Gasteiger partial charge in [-0.15, -0.1) is 5.10 Å². The Bertz CT molecular complexity index is 1110. The zero-order valence-corrected chi connectivity index (χ0v) is 14.6. The predicted molar refractivity (Wildman–Crippen MR) is 94.2 cm³/mol. The molecule has 130 valence electrons. The van der Waals surface area contributed by atoms with Crippen molar-refractivity contribution in [2.45, 2.75) is 6.92 Å². The van der Waals surface area contributed by atoms with Crippen LogP contribution >= 0.6 is 11.3 Å². The van der Waals surface area contributed by atoms with E-state index in [1.807, 2.05) is 13.0 Å². The predicted octanol–water partition coefficient (Wildman–Crippen LogP) is 2.71. The third-order valence-electron chi connectivity index (χ3n) is 3.61. The average Bonchev–Trinajstić information content (AvgIpc) is 3.30. The van der Waals surface area contributed by atoms with Gasteiger partial charge in [0.25, 0.3) is 11.1 Å². The van der Waals surface area contributed by atoms with Crippen LogP contribution in [0.2, 0.25) is 0 Å². The highest BCUT2D eigenvalue weighted by atomic mass is 32.1. The van der Waals surface area contributed by atoms with Crippen molar-refractivity contribution in [1.82, 2.24) is 25.1 Å². The van der Waals surface area contributed by atoms with Crippen molar-refractivity contribution in [3.8, 4) is 16.3 Å². The van der Waals surface area contributed by atoms with E-state index in [0.29, 0.717) is 38.2 Å². The molecule has 0 aromatic carbocycles. The van der Waals surface area contributed by atoms with Crippen LogP contribution in [0.15, 0.2) is 35.3 Å². The number of oxazole rings is 1. The van der Waals surface area contributed by atoms with Crippen LogP contribution < -0.4 is 10.1 Å². The van der Waals surface area contributed by atoms with Gasteiger partial charge in [-0.05, 0) is 30.4 Å². The zero-order valence-electron chi connectivity index (χ0n) is 13.8. The number of hydrogen-bond donors (Lipinski definition) is 1. The van der Waals surface area contributed by atoms with Crippen LogP contribution in [0.25, 0.3) is 22.4 Å². The van der Waals surface area contributed by atoms with Crippen molar-refractivity contribution in [3.63, 3.8) is 0 Å². The van der Waals surface area contributed by atoms with Crippen LogP contribution in [0.3, 0.4) is 0 Å². The van der Waals surface area contributed by atoms with Gasteiger partial charge in [0.05, 0.1) is 12.7 Å². The fourth-order valence-electron chi connectivity index (χ4n) is 2.46. The van der Waals surface area contributed by atoms with Gasteiger partial charge >= 0.3 is 0 Å². The third-order valence-corrected chi connectivity index (χ3v) is 4.41.